The number of hydrogen-bond donors (Lipinski definition) is 1. The molecule has 23 heavy (non-hydrogen) atoms. The van der Waals surface area contributed by atoms with E-state index in [0.717, 1.165) is 26.2 Å². The largest absolute Gasteiger partial charge is 0.462 e. The van der Waals surface area contributed by atoms with Crippen molar-refractivity contribution in [2.75, 3.05) is 44.7 Å². The van der Waals surface area contributed by atoms with Crippen LogP contribution in [0.4, 0.5) is 5.95 Å². The molecule has 0 amide bonds. The summed E-state index contributed by atoms with van der Waals surface area (Å²) in [5, 5.41) is 0.286. The first-order chi connectivity index (χ1) is 11.1. The fraction of sp³-hybridized carbons (Fsp3) is 0.467. The monoisotopic (exact) mass is 317 g/mol. The molecular formula is C15H19N5O3. The van der Waals surface area contributed by atoms with Crippen molar-refractivity contribution in [3.8, 4) is 0 Å². The van der Waals surface area contributed by atoms with Crippen LogP contribution in [0.3, 0.4) is 0 Å². The van der Waals surface area contributed by atoms with Gasteiger partial charge in [-0.3, -0.25) is 4.79 Å². The first kappa shape index (κ1) is 15.4. The highest BCUT2D eigenvalue weighted by molar-refractivity contribution is 5.92. The number of aromatic amines is 1. The quantitative estimate of drug-likeness (QED) is 0.811. The van der Waals surface area contributed by atoms with Crippen LogP contribution in [0.1, 0.15) is 17.3 Å². The second-order valence-corrected chi connectivity index (χ2v) is 5.47. The number of anilines is 1. The van der Waals surface area contributed by atoms with Crippen LogP contribution >= 0.6 is 0 Å². The van der Waals surface area contributed by atoms with E-state index in [1.54, 1.807) is 6.92 Å². The van der Waals surface area contributed by atoms with Gasteiger partial charge in [0.05, 0.1) is 12.0 Å². The van der Waals surface area contributed by atoms with Crippen LogP contribution in [-0.2, 0) is 4.74 Å². The fourth-order valence-electron chi connectivity index (χ4n) is 2.52. The smallest absolute Gasteiger partial charge is 0.343 e. The standard InChI is InChI=1S/C15H19N5O3/c1-3-23-14(22)11-9-16-13-10(12(11)21)8-17-15(18-13)20-6-4-19(2)5-7-20/h8-9H,3-7H2,1-2H3,(H,16,17,18,21). The van der Waals surface area contributed by atoms with Crippen LogP contribution < -0.4 is 10.3 Å². The second kappa shape index (κ2) is 6.33. The molecule has 3 heterocycles. The Morgan fingerprint density at radius 3 is 2.78 bits per heavy atom. The Labute approximate surface area is 133 Å². The SMILES string of the molecule is CCOC(=O)c1c[nH]c2nc(N3CCN(C)CC3)ncc2c1=O. The van der Waals surface area contributed by atoms with Crippen LogP contribution in [0.5, 0.6) is 0 Å². The first-order valence-corrected chi connectivity index (χ1v) is 7.59. The predicted octanol–water partition coefficient (Wildman–Crippen LogP) is 0.247. The summed E-state index contributed by atoms with van der Waals surface area (Å²) < 4.78 is 4.87. The lowest BCUT2D eigenvalue weighted by molar-refractivity contribution is 0.0524. The molecule has 8 nitrogen and oxygen atoms in total. The molecule has 0 atom stereocenters. The molecule has 0 spiro atoms. The number of aromatic nitrogens is 3. The van der Waals surface area contributed by atoms with E-state index in [1.165, 1.54) is 12.4 Å². The van der Waals surface area contributed by atoms with Crippen molar-refractivity contribution in [3.63, 3.8) is 0 Å². The third-order valence-electron chi connectivity index (χ3n) is 3.90. The minimum absolute atomic E-state index is 0.0321. The molecule has 1 saturated heterocycles. The molecule has 0 unspecified atom stereocenters. The van der Waals surface area contributed by atoms with Gasteiger partial charge in [0.1, 0.15) is 11.2 Å². The lowest BCUT2D eigenvalue weighted by atomic mass is 10.2. The zero-order valence-corrected chi connectivity index (χ0v) is 13.2. The highest BCUT2D eigenvalue weighted by Crippen LogP contribution is 2.13. The molecule has 0 radical (unpaired) electrons. The van der Waals surface area contributed by atoms with Crippen LogP contribution in [-0.4, -0.2) is 65.7 Å². The molecule has 0 aromatic carbocycles. The first-order valence-electron chi connectivity index (χ1n) is 7.59. The zero-order valence-electron chi connectivity index (χ0n) is 13.2. The summed E-state index contributed by atoms with van der Waals surface area (Å²) in [7, 11) is 2.08. The summed E-state index contributed by atoms with van der Waals surface area (Å²) in [4.78, 5) is 40.0. The Bertz CT molecular complexity index is 780. The summed E-state index contributed by atoms with van der Waals surface area (Å²) >= 11 is 0. The van der Waals surface area contributed by atoms with Crippen molar-refractivity contribution < 1.29 is 9.53 Å². The maximum Gasteiger partial charge on any atom is 0.343 e. The molecule has 0 saturated carbocycles. The highest BCUT2D eigenvalue weighted by atomic mass is 16.5. The topological polar surface area (TPSA) is 91.4 Å². The van der Waals surface area contributed by atoms with Gasteiger partial charge in [-0.1, -0.05) is 0 Å². The second-order valence-electron chi connectivity index (χ2n) is 5.47. The molecule has 1 N–H and O–H groups in total. The minimum atomic E-state index is -0.640. The van der Waals surface area contributed by atoms with E-state index in [4.69, 9.17) is 4.74 Å². The van der Waals surface area contributed by atoms with E-state index < -0.39 is 11.4 Å². The third kappa shape index (κ3) is 3.02. The number of likely N-dealkylation sites (N-methyl/N-ethyl adjacent to an activating group) is 1. The number of carbonyl (C=O) groups excluding carboxylic acids is 1. The van der Waals surface area contributed by atoms with E-state index in [-0.39, 0.29) is 17.6 Å². The molecule has 8 heteroatoms. The molecule has 2 aromatic rings. The number of esters is 1. The van der Waals surface area contributed by atoms with E-state index in [9.17, 15) is 9.59 Å². The molecule has 2 aromatic heterocycles. The number of nitrogens with one attached hydrogen (secondary N) is 1. The molecule has 1 fully saturated rings. The summed E-state index contributed by atoms with van der Waals surface area (Å²) in [6.45, 7) is 5.48. The maximum atomic E-state index is 12.4. The molecular weight excluding hydrogens is 298 g/mol. The van der Waals surface area contributed by atoms with Crippen molar-refractivity contribution in [1.29, 1.82) is 0 Å². The number of piperazine rings is 1. The van der Waals surface area contributed by atoms with Gasteiger partial charge in [0.2, 0.25) is 11.4 Å². The zero-order chi connectivity index (χ0) is 16.4. The average Bonchev–Trinajstić information content (AvgIpc) is 2.55. The van der Waals surface area contributed by atoms with Gasteiger partial charge in [-0.2, -0.15) is 4.98 Å². The van der Waals surface area contributed by atoms with Crippen LogP contribution in [0.15, 0.2) is 17.2 Å². The Kier molecular flexibility index (Phi) is 4.24. The summed E-state index contributed by atoms with van der Waals surface area (Å²) in [6.07, 6.45) is 2.82. The van der Waals surface area contributed by atoms with Gasteiger partial charge in [0.25, 0.3) is 0 Å². The van der Waals surface area contributed by atoms with Crippen molar-refractivity contribution in [3.05, 3.63) is 28.2 Å². The van der Waals surface area contributed by atoms with Gasteiger partial charge < -0.3 is 19.5 Å². The molecule has 0 aliphatic carbocycles. The van der Waals surface area contributed by atoms with E-state index >= 15 is 0 Å². The lowest BCUT2D eigenvalue weighted by Crippen LogP contribution is -2.45. The number of H-pyrrole nitrogens is 1. The van der Waals surface area contributed by atoms with E-state index in [0.29, 0.717) is 11.6 Å². The lowest BCUT2D eigenvalue weighted by Gasteiger charge is -2.32. The van der Waals surface area contributed by atoms with Gasteiger partial charge >= 0.3 is 5.97 Å². The summed E-state index contributed by atoms with van der Waals surface area (Å²) in [5.74, 6) is -0.0519. The Morgan fingerprint density at radius 1 is 1.35 bits per heavy atom. The van der Waals surface area contributed by atoms with Crippen LogP contribution in [0, 0.1) is 0 Å². The minimum Gasteiger partial charge on any atom is -0.462 e. The van der Waals surface area contributed by atoms with Crippen LogP contribution in [0.2, 0.25) is 0 Å². The Balaban J connectivity index is 1.94. The number of carbonyl (C=O) groups is 1. The number of pyridine rings is 1. The molecule has 122 valence electrons. The Hall–Kier alpha value is -2.48. The van der Waals surface area contributed by atoms with Crippen LogP contribution in [0.25, 0.3) is 11.0 Å². The predicted molar refractivity (Wildman–Crippen MR) is 85.8 cm³/mol. The third-order valence-corrected chi connectivity index (χ3v) is 3.90. The fourth-order valence-corrected chi connectivity index (χ4v) is 2.52. The van der Waals surface area contributed by atoms with Crippen molar-refractivity contribution in [1.82, 2.24) is 19.9 Å². The van der Waals surface area contributed by atoms with E-state index in [2.05, 4.69) is 31.8 Å². The van der Waals surface area contributed by atoms with Crippen molar-refractivity contribution >= 4 is 23.0 Å². The molecule has 0 bridgehead atoms. The highest BCUT2D eigenvalue weighted by Gasteiger charge is 2.19. The normalized spacial score (nSPS) is 15.8. The average molecular weight is 317 g/mol. The number of rotatable bonds is 3. The molecule has 1 aliphatic rings. The maximum absolute atomic E-state index is 12.4. The van der Waals surface area contributed by atoms with Gasteiger partial charge in [0.15, 0.2) is 0 Å². The number of hydrogen-bond acceptors (Lipinski definition) is 7. The number of nitrogens with zero attached hydrogens (tertiary/aromatic N) is 4. The Morgan fingerprint density at radius 2 is 2.09 bits per heavy atom. The number of fused-ring (bicyclic) bond motifs is 1. The van der Waals surface area contributed by atoms with Gasteiger partial charge in [0, 0.05) is 38.6 Å². The summed E-state index contributed by atoms with van der Waals surface area (Å²) in [6, 6.07) is 0. The molecule has 3 rings (SSSR count). The summed E-state index contributed by atoms with van der Waals surface area (Å²) in [5.41, 5.74) is -0.0237. The van der Waals surface area contributed by atoms with Crippen molar-refractivity contribution in [2.45, 2.75) is 6.92 Å². The van der Waals surface area contributed by atoms with E-state index in [1.807, 2.05) is 0 Å². The van der Waals surface area contributed by atoms with Gasteiger partial charge in [-0.25, -0.2) is 9.78 Å². The number of ether oxygens (including phenoxy) is 1. The van der Waals surface area contributed by atoms with Gasteiger partial charge in [-0.15, -0.1) is 0 Å². The molecule has 1 aliphatic heterocycles. The van der Waals surface area contributed by atoms with Crippen molar-refractivity contribution in [2.24, 2.45) is 0 Å². The van der Waals surface area contributed by atoms with Gasteiger partial charge in [-0.05, 0) is 14.0 Å².